The predicted molar refractivity (Wildman–Crippen MR) is 114 cm³/mol. The van der Waals surface area contributed by atoms with Crippen molar-refractivity contribution in [1.82, 2.24) is 9.38 Å². The third-order valence-corrected chi connectivity index (χ3v) is 6.78. The molecular formula is C22H17N3O4S. The summed E-state index contributed by atoms with van der Waals surface area (Å²) in [5, 5.41) is 11.4. The number of carbonyl (C=O) groups excluding carboxylic acids is 2. The number of amides is 1. The molecule has 0 aliphatic heterocycles. The van der Waals surface area contributed by atoms with E-state index in [2.05, 4.69) is 4.98 Å². The van der Waals surface area contributed by atoms with Crippen LogP contribution in [0.25, 0.3) is 21.9 Å². The minimum absolute atomic E-state index is 0.0248. The molecule has 7 nitrogen and oxygen atoms in total. The second-order valence-electron chi connectivity index (χ2n) is 7.31. The molecule has 5 rings (SSSR count). The van der Waals surface area contributed by atoms with Crippen LogP contribution in [0.2, 0.25) is 0 Å². The van der Waals surface area contributed by atoms with E-state index in [0.717, 1.165) is 36.1 Å². The summed E-state index contributed by atoms with van der Waals surface area (Å²) in [7, 11) is 0. The second kappa shape index (κ2) is 6.77. The number of nitrogens with zero attached hydrogens (tertiary/aromatic N) is 2. The quantitative estimate of drug-likeness (QED) is 0.493. The molecule has 0 saturated carbocycles. The number of carbonyl (C=O) groups is 2. The first kappa shape index (κ1) is 18.5. The standard InChI is InChI=1S/C22H17N3O4S/c23-19(28)17-18(27)13(10-14(26)11-6-2-1-3-7-11)25-20(17)24-21(29)16-12-8-4-5-9-15(12)30-22(16)25/h1-3,6-7,10,27H,4-5,8-9H2,(H2,23,28). The summed E-state index contributed by atoms with van der Waals surface area (Å²) in [4.78, 5) is 43.5. The largest absolute Gasteiger partial charge is 0.505 e. The number of thiophene rings is 1. The van der Waals surface area contributed by atoms with Gasteiger partial charge in [-0.1, -0.05) is 30.3 Å². The lowest BCUT2D eigenvalue weighted by atomic mass is 9.97. The van der Waals surface area contributed by atoms with E-state index < -0.39 is 17.2 Å². The van der Waals surface area contributed by atoms with Gasteiger partial charge in [-0.15, -0.1) is 11.3 Å². The number of rotatable bonds is 3. The summed E-state index contributed by atoms with van der Waals surface area (Å²) in [6.07, 6.45) is 4.95. The number of aromatic hydroxyl groups is 1. The average Bonchev–Trinajstić information content (AvgIpc) is 3.24. The van der Waals surface area contributed by atoms with Gasteiger partial charge in [0.2, 0.25) is 0 Å². The molecule has 0 unspecified atom stereocenters. The Balaban J connectivity index is 1.93. The first-order chi connectivity index (χ1) is 14.5. The molecule has 3 heterocycles. The number of benzene rings is 1. The topological polar surface area (TPSA) is 115 Å². The van der Waals surface area contributed by atoms with Crippen molar-refractivity contribution >= 4 is 45.0 Å². The molecule has 0 fully saturated rings. The molecule has 1 amide bonds. The van der Waals surface area contributed by atoms with Gasteiger partial charge in [0.1, 0.15) is 10.4 Å². The molecule has 0 atom stereocenters. The molecule has 3 aromatic heterocycles. The smallest absolute Gasteiger partial charge is 0.282 e. The van der Waals surface area contributed by atoms with Crippen molar-refractivity contribution in [2.24, 2.45) is 5.73 Å². The Hall–Kier alpha value is -3.52. The molecule has 1 aromatic carbocycles. The van der Waals surface area contributed by atoms with Crippen LogP contribution in [0.15, 0.2) is 35.1 Å². The SMILES string of the molecule is NC(=O)c1c(O)c(=CC(=O)c2ccccc2)n2c1nc(=O)c1c3c(sc12)CCCC3. The fraction of sp³-hybridized carbons (Fsp3) is 0.182. The number of fused-ring (bicyclic) bond motifs is 5. The summed E-state index contributed by atoms with van der Waals surface area (Å²) in [5.74, 6) is -1.70. The highest BCUT2D eigenvalue weighted by atomic mass is 32.1. The van der Waals surface area contributed by atoms with Gasteiger partial charge in [-0.25, -0.2) is 0 Å². The van der Waals surface area contributed by atoms with E-state index in [1.165, 1.54) is 21.8 Å². The minimum atomic E-state index is -0.913. The number of Topliss-reactive ketones (excluding diaryl/α,β-unsaturated/α-hetero) is 1. The molecular weight excluding hydrogens is 402 g/mol. The third kappa shape index (κ3) is 2.64. The van der Waals surface area contributed by atoms with E-state index >= 15 is 0 Å². The molecule has 4 aromatic rings. The maximum Gasteiger partial charge on any atom is 0.282 e. The highest BCUT2D eigenvalue weighted by Crippen LogP contribution is 2.35. The summed E-state index contributed by atoms with van der Waals surface area (Å²) < 4.78 is 1.52. The Morgan fingerprint density at radius 2 is 1.90 bits per heavy atom. The molecule has 1 aliphatic rings. The summed E-state index contributed by atoms with van der Waals surface area (Å²) >= 11 is 1.44. The van der Waals surface area contributed by atoms with E-state index in [9.17, 15) is 19.5 Å². The number of hydrogen-bond donors (Lipinski definition) is 2. The maximum atomic E-state index is 12.8. The molecule has 0 saturated heterocycles. The van der Waals surface area contributed by atoms with Crippen molar-refractivity contribution in [1.29, 1.82) is 0 Å². The van der Waals surface area contributed by atoms with E-state index in [1.807, 2.05) is 0 Å². The van der Waals surface area contributed by atoms with Crippen LogP contribution in [0, 0.1) is 0 Å². The van der Waals surface area contributed by atoms with Crippen LogP contribution in [-0.4, -0.2) is 26.2 Å². The van der Waals surface area contributed by atoms with Gasteiger partial charge in [0.15, 0.2) is 17.2 Å². The van der Waals surface area contributed by atoms with Crippen LogP contribution in [0.1, 0.15) is 44.0 Å². The van der Waals surface area contributed by atoms with Crippen molar-refractivity contribution in [2.45, 2.75) is 25.7 Å². The highest BCUT2D eigenvalue weighted by molar-refractivity contribution is 7.18. The lowest BCUT2D eigenvalue weighted by molar-refractivity contribution is 0.0998. The number of hydrogen-bond acceptors (Lipinski definition) is 6. The van der Waals surface area contributed by atoms with Crippen molar-refractivity contribution in [3.05, 3.63) is 67.6 Å². The number of aryl methyl sites for hydroxylation is 2. The van der Waals surface area contributed by atoms with Crippen LogP contribution in [0.5, 0.6) is 5.75 Å². The first-order valence-corrected chi connectivity index (χ1v) is 10.4. The second-order valence-corrected chi connectivity index (χ2v) is 8.40. The fourth-order valence-electron chi connectivity index (χ4n) is 4.13. The van der Waals surface area contributed by atoms with E-state index in [0.29, 0.717) is 15.8 Å². The van der Waals surface area contributed by atoms with Gasteiger partial charge in [-0.2, -0.15) is 4.98 Å². The monoisotopic (exact) mass is 419 g/mol. The van der Waals surface area contributed by atoms with Crippen LogP contribution < -0.4 is 16.6 Å². The Morgan fingerprint density at radius 1 is 1.17 bits per heavy atom. The van der Waals surface area contributed by atoms with Crippen LogP contribution >= 0.6 is 11.3 Å². The number of nitrogens with two attached hydrogens (primary N) is 1. The third-order valence-electron chi connectivity index (χ3n) is 5.51. The van der Waals surface area contributed by atoms with E-state index in [-0.39, 0.29) is 22.3 Å². The van der Waals surface area contributed by atoms with Crippen molar-refractivity contribution in [3.8, 4) is 5.75 Å². The normalized spacial score (nSPS) is 14.3. The molecule has 3 N–H and O–H groups in total. The Bertz CT molecular complexity index is 1470. The molecule has 0 spiro atoms. The predicted octanol–water partition coefficient (Wildman–Crippen LogP) is 1.97. The lowest BCUT2D eigenvalue weighted by Gasteiger charge is -2.09. The molecule has 0 radical (unpaired) electrons. The summed E-state index contributed by atoms with van der Waals surface area (Å²) in [6, 6.07) is 8.60. The van der Waals surface area contributed by atoms with Crippen LogP contribution in [-0.2, 0) is 12.8 Å². The molecule has 8 heteroatoms. The van der Waals surface area contributed by atoms with Gasteiger partial charge in [-0.3, -0.25) is 18.8 Å². The lowest BCUT2D eigenvalue weighted by Crippen LogP contribution is -2.17. The summed E-state index contributed by atoms with van der Waals surface area (Å²) in [5.41, 5.74) is 6.16. The average molecular weight is 419 g/mol. The molecule has 150 valence electrons. The number of ketones is 1. The summed E-state index contributed by atoms with van der Waals surface area (Å²) in [6.45, 7) is 0. The fourth-order valence-corrected chi connectivity index (χ4v) is 5.52. The van der Waals surface area contributed by atoms with Gasteiger partial charge >= 0.3 is 0 Å². The Labute approximate surface area is 174 Å². The molecule has 30 heavy (non-hydrogen) atoms. The van der Waals surface area contributed by atoms with Gasteiger partial charge in [0.05, 0.1) is 10.7 Å². The van der Waals surface area contributed by atoms with Crippen molar-refractivity contribution in [2.75, 3.05) is 0 Å². The van der Waals surface area contributed by atoms with Gasteiger partial charge < -0.3 is 10.8 Å². The van der Waals surface area contributed by atoms with E-state index in [1.54, 1.807) is 30.3 Å². The van der Waals surface area contributed by atoms with Crippen molar-refractivity contribution in [3.63, 3.8) is 0 Å². The van der Waals surface area contributed by atoms with Crippen LogP contribution in [0.3, 0.4) is 0 Å². The van der Waals surface area contributed by atoms with Gasteiger partial charge in [-0.05, 0) is 31.2 Å². The number of aromatic nitrogens is 2. The maximum absolute atomic E-state index is 12.8. The first-order valence-electron chi connectivity index (χ1n) is 9.60. The molecule has 1 aliphatic carbocycles. The zero-order chi connectivity index (χ0) is 21.0. The number of primary amides is 1. The minimum Gasteiger partial charge on any atom is -0.505 e. The Morgan fingerprint density at radius 3 is 2.63 bits per heavy atom. The highest BCUT2D eigenvalue weighted by Gasteiger charge is 2.26. The van der Waals surface area contributed by atoms with Crippen LogP contribution in [0.4, 0.5) is 0 Å². The molecule has 0 bridgehead atoms. The zero-order valence-electron chi connectivity index (χ0n) is 15.8. The zero-order valence-corrected chi connectivity index (χ0v) is 16.7. The van der Waals surface area contributed by atoms with Gasteiger partial charge in [0, 0.05) is 16.5 Å². The Kier molecular flexibility index (Phi) is 4.18. The van der Waals surface area contributed by atoms with Crippen molar-refractivity contribution < 1.29 is 14.7 Å². The van der Waals surface area contributed by atoms with Gasteiger partial charge in [0.25, 0.3) is 11.5 Å². The van der Waals surface area contributed by atoms with E-state index in [4.69, 9.17) is 5.73 Å².